The first-order valence-corrected chi connectivity index (χ1v) is 5.19. The van der Waals surface area contributed by atoms with Gasteiger partial charge >= 0.3 is 5.97 Å². The Labute approximate surface area is 91.9 Å². The highest BCUT2D eigenvalue weighted by Crippen LogP contribution is 2.16. The fraction of sp³-hybridized carbons (Fsp3) is 0.900. The van der Waals surface area contributed by atoms with Crippen LogP contribution in [0.25, 0.3) is 0 Å². The van der Waals surface area contributed by atoms with Crippen molar-refractivity contribution in [3.8, 4) is 0 Å². The summed E-state index contributed by atoms with van der Waals surface area (Å²) in [4.78, 5) is 13.0. The number of hydrogen-bond donors (Lipinski definition) is 1. The molecule has 0 aromatic heterocycles. The molecule has 3 nitrogen and oxygen atoms in total. The van der Waals surface area contributed by atoms with Gasteiger partial charge in [-0.15, -0.1) is 12.4 Å². The molecule has 0 aromatic rings. The Morgan fingerprint density at radius 3 is 2.86 bits per heavy atom. The number of carboxylic acid groups (broad SMARTS) is 1. The van der Waals surface area contributed by atoms with Crippen LogP contribution in [-0.2, 0) is 4.79 Å². The zero-order valence-corrected chi connectivity index (χ0v) is 9.55. The van der Waals surface area contributed by atoms with Gasteiger partial charge in [0.1, 0.15) is 0 Å². The molecule has 1 aliphatic heterocycles. The number of aliphatic carboxylic acids is 1. The lowest BCUT2D eigenvalue weighted by molar-refractivity contribution is -0.143. The van der Waals surface area contributed by atoms with E-state index in [1.165, 1.54) is 12.8 Å². The SMILES string of the molecule is CCCCN1CCCC(C(=O)O)C1.Cl. The minimum Gasteiger partial charge on any atom is -0.481 e. The van der Waals surface area contributed by atoms with E-state index in [4.69, 9.17) is 5.11 Å². The minimum atomic E-state index is -0.624. The zero-order chi connectivity index (χ0) is 9.68. The Hall–Kier alpha value is -0.280. The molecule has 1 aliphatic rings. The van der Waals surface area contributed by atoms with Gasteiger partial charge in [0, 0.05) is 6.54 Å². The predicted octanol–water partition coefficient (Wildman–Crippen LogP) is 2.00. The average molecular weight is 222 g/mol. The number of hydrogen-bond acceptors (Lipinski definition) is 2. The van der Waals surface area contributed by atoms with Gasteiger partial charge in [-0.3, -0.25) is 4.79 Å². The van der Waals surface area contributed by atoms with Crippen LogP contribution in [0.4, 0.5) is 0 Å². The lowest BCUT2D eigenvalue weighted by Gasteiger charge is -2.30. The third-order valence-electron chi connectivity index (χ3n) is 2.68. The zero-order valence-electron chi connectivity index (χ0n) is 8.74. The molecule has 0 aromatic carbocycles. The smallest absolute Gasteiger partial charge is 0.307 e. The normalized spacial score (nSPS) is 22.8. The first-order valence-electron chi connectivity index (χ1n) is 5.19. The van der Waals surface area contributed by atoms with E-state index in [0.717, 1.165) is 32.5 Å². The molecule has 1 saturated heterocycles. The third kappa shape index (κ3) is 4.29. The summed E-state index contributed by atoms with van der Waals surface area (Å²) in [6.07, 6.45) is 4.28. The second-order valence-electron chi connectivity index (χ2n) is 3.83. The van der Waals surface area contributed by atoms with Crippen molar-refractivity contribution in [2.75, 3.05) is 19.6 Å². The number of carbonyl (C=O) groups is 1. The number of nitrogens with zero attached hydrogens (tertiary/aromatic N) is 1. The van der Waals surface area contributed by atoms with Crippen molar-refractivity contribution in [2.45, 2.75) is 32.6 Å². The highest BCUT2D eigenvalue weighted by Gasteiger charge is 2.24. The number of piperidine rings is 1. The van der Waals surface area contributed by atoms with E-state index in [9.17, 15) is 4.79 Å². The number of rotatable bonds is 4. The lowest BCUT2D eigenvalue weighted by Crippen LogP contribution is -2.39. The van der Waals surface area contributed by atoms with Gasteiger partial charge in [0.05, 0.1) is 5.92 Å². The quantitative estimate of drug-likeness (QED) is 0.790. The summed E-state index contributed by atoms with van der Waals surface area (Å²) < 4.78 is 0. The molecular weight excluding hydrogens is 202 g/mol. The van der Waals surface area contributed by atoms with Gasteiger partial charge in [-0.25, -0.2) is 0 Å². The second-order valence-corrected chi connectivity index (χ2v) is 3.83. The monoisotopic (exact) mass is 221 g/mol. The van der Waals surface area contributed by atoms with Gasteiger partial charge in [-0.2, -0.15) is 0 Å². The Morgan fingerprint density at radius 2 is 2.29 bits per heavy atom. The standard InChI is InChI=1S/C10H19NO2.ClH/c1-2-3-6-11-7-4-5-9(8-11)10(12)13;/h9H,2-8H2,1H3,(H,12,13);1H. The van der Waals surface area contributed by atoms with Gasteiger partial charge in [-0.1, -0.05) is 13.3 Å². The Balaban J connectivity index is 0.00000169. The maximum atomic E-state index is 10.7. The number of halogens is 1. The van der Waals surface area contributed by atoms with E-state index in [1.54, 1.807) is 0 Å². The summed E-state index contributed by atoms with van der Waals surface area (Å²) in [6, 6.07) is 0. The lowest BCUT2D eigenvalue weighted by atomic mass is 9.98. The average Bonchev–Trinajstić information content (AvgIpc) is 2.15. The number of likely N-dealkylation sites (tertiary alicyclic amines) is 1. The van der Waals surface area contributed by atoms with Gasteiger partial charge < -0.3 is 10.0 Å². The molecule has 14 heavy (non-hydrogen) atoms. The molecule has 0 amide bonds. The van der Waals surface area contributed by atoms with Crippen LogP contribution in [0.15, 0.2) is 0 Å². The molecule has 1 N–H and O–H groups in total. The summed E-state index contributed by atoms with van der Waals surface area (Å²) in [6.45, 7) is 5.08. The minimum absolute atomic E-state index is 0. The topological polar surface area (TPSA) is 40.5 Å². The van der Waals surface area contributed by atoms with Crippen molar-refractivity contribution in [1.82, 2.24) is 4.90 Å². The first-order chi connectivity index (χ1) is 6.24. The second kappa shape index (κ2) is 7.07. The van der Waals surface area contributed by atoms with Crippen molar-refractivity contribution in [1.29, 1.82) is 0 Å². The third-order valence-corrected chi connectivity index (χ3v) is 2.68. The fourth-order valence-electron chi connectivity index (χ4n) is 1.84. The van der Waals surface area contributed by atoms with E-state index in [0.29, 0.717) is 0 Å². The van der Waals surface area contributed by atoms with Crippen molar-refractivity contribution in [3.63, 3.8) is 0 Å². The number of unbranched alkanes of at least 4 members (excludes halogenated alkanes) is 1. The Bertz CT molecular complexity index is 176. The van der Waals surface area contributed by atoms with Gasteiger partial charge in [0.15, 0.2) is 0 Å². The highest BCUT2D eigenvalue weighted by atomic mass is 35.5. The van der Waals surface area contributed by atoms with Crippen LogP contribution in [0.2, 0.25) is 0 Å². The van der Waals surface area contributed by atoms with Crippen molar-refractivity contribution < 1.29 is 9.90 Å². The molecular formula is C10H20ClNO2. The highest BCUT2D eigenvalue weighted by molar-refractivity contribution is 5.85. The molecule has 1 rings (SSSR count). The van der Waals surface area contributed by atoms with Crippen LogP contribution < -0.4 is 0 Å². The van der Waals surface area contributed by atoms with Crippen LogP contribution in [0, 0.1) is 5.92 Å². The summed E-state index contributed by atoms with van der Waals surface area (Å²) in [5.74, 6) is -0.744. The largest absolute Gasteiger partial charge is 0.481 e. The molecule has 0 bridgehead atoms. The van der Waals surface area contributed by atoms with Crippen LogP contribution >= 0.6 is 12.4 Å². The van der Waals surface area contributed by atoms with E-state index in [-0.39, 0.29) is 18.3 Å². The van der Waals surface area contributed by atoms with Crippen molar-refractivity contribution in [2.24, 2.45) is 5.92 Å². The molecule has 0 spiro atoms. The van der Waals surface area contributed by atoms with Crippen LogP contribution in [0.5, 0.6) is 0 Å². The van der Waals surface area contributed by atoms with Crippen LogP contribution in [0.1, 0.15) is 32.6 Å². The molecule has 84 valence electrons. The summed E-state index contributed by atoms with van der Waals surface area (Å²) in [5.41, 5.74) is 0. The molecule has 0 radical (unpaired) electrons. The van der Waals surface area contributed by atoms with Crippen molar-refractivity contribution in [3.05, 3.63) is 0 Å². The number of carboxylic acids is 1. The predicted molar refractivity (Wildman–Crippen MR) is 59.0 cm³/mol. The molecule has 0 saturated carbocycles. The van der Waals surface area contributed by atoms with Crippen molar-refractivity contribution >= 4 is 18.4 Å². The molecule has 1 unspecified atom stereocenters. The fourth-order valence-corrected chi connectivity index (χ4v) is 1.84. The molecule has 1 atom stereocenters. The maximum Gasteiger partial charge on any atom is 0.307 e. The van der Waals surface area contributed by atoms with Gasteiger partial charge in [0.2, 0.25) is 0 Å². The molecule has 1 heterocycles. The first kappa shape index (κ1) is 13.7. The Kier molecular flexibility index (Phi) is 6.93. The van der Waals surface area contributed by atoms with E-state index < -0.39 is 5.97 Å². The van der Waals surface area contributed by atoms with Crippen LogP contribution in [0.3, 0.4) is 0 Å². The molecule has 1 fully saturated rings. The summed E-state index contributed by atoms with van der Waals surface area (Å²) >= 11 is 0. The molecule has 0 aliphatic carbocycles. The van der Waals surface area contributed by atoms with Gasteiger partial charge in [0.25, 0.3) is 0 Å². The molecule has 4 heteroatoms. The Morgan fingerprint density at radius 1 is 1.57 bits per heavy atom. The van der Waals surface area contributed by atoms with E-state index in [2.05, 4.69) is 11.8 Å². The van der Waals surface area contributed by atoms with E-state index >= 15 is 0 Å². The maximum absolute atomic E-state index is 10.7. The van der Waals surface area contributed by atoms with Gasteiger partial charge in [-0.05, 0) is 32.4 Å². The summed E-state index contributed by atoms with van der Waals surface area (Å²) in [7, 11) is 0. The summed E-state index contributed by atoms with van der Waals surface area (Å²) in [5, 5.41) is 8.85. The van der Waals surface area contributed by atoms with E-state index in [1.807, 2.05) is 0 Å². The van der Waals surface area contributed by atoms with Crippen LogP contribution in [-0.4, -0.2) is 35.6 Å².